The van der Waals surface area contributed by atoms with Crippen molar-refractivity contribution in [2.24, 2.45) is 0 Å². The molecule has 0 fully saturated rings. The molecule has 0 heterocycles. The van der Waals surface area contributed by atoms with Gasteiger partial charge in [-0.15, -0.1) is 6.42 Å². The van der Waals surface area contributed by atoms with Gasteiger partial charge in [0.25, 0.3) is 5.91 Å². The molecular weight excluding hydrogens is 342 g/mol. The van der Waals surface area contributed by atoms with E-state index >= 15 is 0 Å². The number of aliphatic carboxylic acids is 1. The van der Waals surface area contributed by atoms with Crippen LogP contribution in [0.2, 0.25) is 0 Å². The first kappa shape index (κ1) is 22.1. The first-order valence-electron chi connectivity index (χ1n) is 6.53. The molecule has 0 spiro atoms. The molecule has 0 aromatic carbocycles. The van der Waals surface area contributed by atoms with Crippen molar-refractivity contribution >= 4 is 11.9 Å². The van der Waals surface area contributed by atoms with Crippen molar-refractivity contribution in [3.63, 3.8) is 0 Å². The van der Waals surface area contributed by atoms with Gasteiger partial charge in [-0.1, -0.05) is 0 Å². The molecule has 0 saturated heterocycles. The summed E-state index contributed by atoms with van der Waals surface area (Å²) in [4.78, 5) is 21.9. The van der Waals surface area contributed by atoms with Gasteiger partial charge in [0.2, 0.25) is 0 Å². The molecule has 8 nitrogen and oxygen atoms in total. The maximum absolute atomic E-state index is 11.5. The minimum atomic E-state index is -2.39. The number of carbonyl (C=O) groups excluding carboxylic acids is 1. The Bertz CT molecular complexity index is 888. The standard InChI is InChI=1S/C18H11NO7/c1-2-3-4-5-6-7-8-9-10-11-12-19-17(24)15(22)13(20)14(21)16(23)18(25)26/h1,13-16,20-23H,(H,19,24)(H,25,26)/t13-,14-,15+,16-/m1/s1. The molecule has 0 aromatic rings. The Morgan fingerprint density at radius 3 is 1.62 bits per heavy atom. The highest BCUT2D eigenvalue weighted by molar-refractivity contribution is 5.83. The minimum absolute atomic E-state index is 1.24. The summed E-state index contributed by atoms with van der Waals surface area (Å²) in [5.41, 5.74) is 0. The second kappa shape index (κ2) is 12.5. The van der Waals surface area contributed by atoms with E-state index in [0.29, 0.717) is 0 Å². The Kier molecular flexibility index (Phi) is 10.7. The van der Waals surface area contributed by atoms with E-state index in [1.807, 2.05) is 11.4 Å². The number of aliphatic hydroxyl groups excluding tert-OH is 4. The smallest absolute Gasteiger partial charge is 0.335 e. The summed E-state index contributed by atoms with van der Waals surface area (Å²) in [6.07, 6.45) is -4.30. The van der Waals surface area contributed by atoms with Crippen molar-refractivity contribution in [1.29, 1.82) is 0 Å². The summed E-state index contributed by atoms with van der Waals surface area (Å²) in [7, 11) is 0. The number of hydrogen-bond acceptors (Lipinski definition) is 6. The van der Waals surface area contributed by atoms with Gasteiger partial charge >= 0.3 is 5.97 Å². The molecule has 0 saturated carbocycles. The first-order chi connectivity index (χ1) is 12.3. The fourth-order valence-corrected chi connectivity index (χ4v) is 1.13. The van der Waals surface area contributed by atoms with E-state index in [-0.39, 0.29) is 0 Å². The molecule has 0 aromatic heterocycles. The second-order valence-corrected chi connectivity index (χ2v) is 4.09. The van der Waals surface area contributed by atoms with Gasteiger partial charge in [0.1, 0.15) is 12.2 Å². The van der Waals surface area contributed by atoms with Gasteiger partial charge in [0.15, 0.2) is 12.2 Å². The van der Waals surface area contributed by atoms with Crippen LogP contribution in [0.3, 0.4) is 0 Å². The molecule has 0 unspecified atom stereocenters. The Hall–Kier alpha value is -3.86. The molecule has 1 amide bonds. The monoisotopic (exact) mass is 353 g/mol. The van der Waals surface area contributed by atoms with Gasteiger partial charge in [-0.3, -0.25) is 10.1 Å². The lowest BCUT2D eigenvalue weighted by Gasteiger charge is -2.23. The van der Waals surface area contributed by atoms with Crippen LogP contribution < -0.4 is 5.32 Å². The highest BCUT2D eigenvalue weighted by Crippen LogP contribution is 2.05. The van der Waals surface area contributed by atoms with Crippen LogP contribution in [-0.4, -0.2) is 61.8 Å². The average molecular weight is 353 g/mol. The summed E-state index contributed by atoms with van der Waals surface area (Å²) in [5.74, 6) is 19.5. The molecule has 0 rings (SSSR count). The van der Waals surface area contributed by atoms with E-state index < -0.39 is 36.3 Å². The lowest BCUT2D eigenvalue weighted by atomic mass is 10.0. The fraction of sp³-hybridized carbons (Fsp3) is 0.222. The Labute approximate surface area is 149 Å². The van der Waals surface area contributed by atoms with E-state index in [0.717, 1.165) is 0 Å². The third kappa shape index (κ3) is 8.69. The largest absolute Gasteiger partial charge is 0.479 e. The summed E-state index contributed by atoms with van der Waals surface area (Å²) in [6.45, 7) is 0. The maximum atomic E-state index is 11.5. The lowest BCUT2D eigenvalue weighted by Crippen LogP contribution is -2.52. The molecule has 0 bridgehead atoms. The maximum Gasteiger partial charge on any atom is 0.335 e. The normalized spacial score (nSPS) is 12.4. The highest BCUT2D eigenvalue weighted by atomic mass is 16.4. The van der Waals surface area contributed by atoms with Crippen molar-refractivity contribution in [1.82, 2.24) is 5.32 Å². The topological polar surface area (TPSA) is 147 Å². The molecule has 0 aliphatic carbocycles. The van der Waals surface area contributed by atoms with E-state index in [1.165, 1.54) is 0 Å². The number of amides is 1. The SMILES string of the molecule is C#CC#CC#CC#CC#CC#CNC(=O)[C@@H](O)[C@H](O)[C@@H](O)[C@@H](O)C(=O)O. The molecule has 130 valence electrons. The third-order valence-corrected chi connectivity index (χ3v) is 2.34. The fourth-order valence-electron chi connectivity index (χ4n) is 1.13. The van der Waals surface area contributed by atoms with Crippen molar-refractivity contribution in [2.75, 3.05) is 0 Å². The van der Waals surface area contributed by atoms with Gasteiger partial charge in [-0.25, -0.2) is 4.79 Å². The second-order valence-electron chi connectivity index (χ2n) is 4.09. The van der Waals surface area contributed by atoms with Gasteiger partial charge < -0.3 is 25.5 Å². The summed E-state index contributed by atoms with van der Waals surface area (Å²) in [6, 6.07) is 2.03. The van der Waals surface area contributed by atoms with Crippen LogP contribution in [0, 0.1) is 71.7 Å². The van der Waals surface area contributed by atoms with Crippen molar-refractivity contribution in [3.8, 4) is 71.7 Å². The van der Waals surface area contributed by atoms with Gasteiger partial charge in [-0.05, 0) is 29.6 Å². The van der Waals surface area contributed by atoms with Gasteiger partial charge in [0, 0.05) is 35.6 Å². The number of hydrogen-bond donors (Lipinski definition) is 6. The Morgan fingerprint density at radius 1 is 0.731 bits per heavy atom. The third-order valence-electron chi connectivity index (χ3n) is 2.34. The van der Waals surface area contributed by atoms with Crippen molar-refractivity contribution in [3.05, 3.63) is 0 Å². The number of carbonyl (C=O) groups is 2. The summed E-state index contributed by atoms with van der Waals surface area (Å²) < 4.78 is 0. The predicted molar refractivity (Wildman–Crippen MR) is 87.5 cm³/mol. The average Bonchev–Trinajstić information content (AvgIpc) is 2.63. The number of nitrogens with one attached hydrogen (secondary N) is 1. The number of rotatable bonds is 5. The number of aliphatic hydroxyl groups is 4. The van der Waals surface area contributed by atoms with Gasteiger partial charge in [-0.2, -0.15) is 0 Å². The summed E-state index contributed by atoms with van der Waals surface area (Å²) in [5, 5.41) is 47.6. The number of carboxylic acids is 1. The number of carboxylic acid groups (broad SMARTS) is 1. The van der Waals surface area contributed by atoms with Crippen LogP contribution in [0.5, 0.6) is 0 Å². The van der Waals surface area contributed by atoms with E-state index in [9.17, 15) is 24.9 Å². The lowest BCUT2D eigenvalue weighted by molar-refractivity contribution is -0.166. The Morgan fingerprint density at radius 2 is 1.15 bits per heavy atom. The van der Waals surface area contributed by atoms with E-state index in [1.54, 1.807) is 0 Å². The zero-order chi connectivity index (χ0) is 19.9. The molecule has 8 heteroatoms. The highest BCUT2D eigenvalue weighted by Gasteiger charge is 2.37. The van der Waals surface area contributed by atoms with Crippen LogP contribution >= 0.6 is 0 Å². The van der Waals surface area contributed by atoms with E-state index in [2.05, 4.69) is 59.2 Å². The molecular formula is C18H11NO7. The van der Waals surface area contributed by atoms with E-state index in [4.69, 9.17) is 16.6 Å². The molecule has 0 aliphatic rings. The molecule has 0 radical (unpaired) electrons. The van der Waals surface area contributed by atoms with Crippen LogP contribution in [0.15, 0.2) is 0 Å². The summed E-state index contributed by atoms with van der Waals surface area (Å²) >= 11 is 0. The van der Waals surface area contributed by atoms with Crippen LogP contribution in [0.4, 0.5) is 0 Å². The van der Waals surface area contributed by atoms with Crippen LogP contribution in [0.25, 0.3) is 0 Å². The molecule has 0 aliphatic heterocycles. The zero-order valence-electron chi connectivity index (χ0n) is 12.9. The zero-order valence-corrected chi connectivity index (χ0v) is 12.9. The molecule has 26 heavy (non-hydrogen) atoms. The quantitative estimate of drug-likeness (QED) is 0.220. The molecule has 4 atom stereocenters. The van der Waals surface area contributed by atoms with Crippen LogP contribution in [-0.2, 0) is 9.59 Å². The predicted octanol–water partition coefficient (Wildman–Crippen LogP) is -3.76. The molecule has 6 N–H and O–H groups in total. The minimum Gasteiger partial charge on any atom is -0.479 e. The number of terminal acetylenes is 1. The van der Waals surface area contributed by atoms with Gasteiger partial charge in [0.05, 0.1) is 0 Å². The first-order valence-corrected chi connectivity index (χ1v) is 6.53. The Balaban J connectivity index is 4.61. The van der Waals surface area contributed by atoms with Crippen molar-refractivity contribution in [2.45, 2.75) is 24.4 Å². The van der Waals surface area contributed by atoms with Crippen molar-refractivity contribution < 1.29 is 35.1 Å². The van der Waals surface area contributed by atoms with Crippen LogP contribution in [0.1, 0.15) is 0 Å².